The van der Waals surface area contributed by atoms with Crippen LogP contribution in [0.25, 0.3) is 0 Å². The second-order valence-electron chi connectivity index (χ2n) is 19.0. The first-order valence-electron chi connectivity index (χ1n) is 25.0. The van der Waals surface area contributed by atoms with Crippen LogP contribution in [0.15, 0.2) is 109 Å². The molecule has 0 unspecified atom stereocenters. The largest absolute Gasteiger partial charge is 0.481 e. The van der Waals surface area contributed by atoms with Crippen LogP contribution in [0.2, 0.25) is 0 Å². The molecule has 1 heterocycles. The van der Waals surface area contributed by atoms with E-state index in [1.165, 1.54) is 13.0 Å². The van der Waals surface area contributed by atoms with Crippen LogP contribution in [-0.4, -0.2) is 147 Å². The number of aliphatic hydroxyl groups excluding tert-OH is 10. The highest BCUT2D eigenvalue weighted by Crippen LogP contribution is 2.27. The number of aliphatic hydroxyl groups is 10. The van der Waals surface area contributed by atoms with Gasteiger partial charge < -0.3 is 66.6 Å². The third-order valence-electron chi connectivity index (χ3n) is 12.3. The van der Waals surface area contributed by atoms with E-state index in [1.807, 2.05) is 6.92 Å². The summed E-state index contributed by atoms with van der Waals surface area (Å²) in [5.41, 5.74) is 6.62. The molecular weight excluding hydrogens is 931 g/mol. The Morgan fingerprint density at radius 3 is 1.53 bits per heavy atom. The number of hydrogen-bond acceptors (Lipinski definition) is 16. The van der Waals surface area contributed by atoms with Gasteiger partial charge in [0.1, 0.15) is 12.0 Å². The number of anilines is 1. The van der Waals surface area contributed by atoms with Crippen LogP contribution >= 0.6 is 0 Å². The van der Waals surface area contributed by atoms with Crippen molar-refractivity contribution in [3.8, 4) is 0 Å². The summed E-state index contributed by atoms with van der Waals surface area (Å²) in [4.78, 5) is 51.3. The van der Waals surface area contributed by atoms with Gasteiger partial charge in [-0.3, -0.25) is 19.2 Å². The highest BCUT2D eigenvalue weighted by atomic mass is 16.5. The molecule has 14 atom stereocenters. The standard InChI is InChI=1S/C55H81NO16/c1-3-4-20-49(65)38-25-40(57)27-42(59)29-44(61)30-45(62)31-46(63)33-51(67)53(55(70)71)54(69)36(2)18-16-14-12-10-8-6-5-7-9-11-13-15-17-19-48(35-50(66)37-21-23-39(56)24-22-37)72-52(68)34-47(64)32-43(60)28-41(58)26-38/h5-18,21-24,36,38,40-49,53-54,57-65,69H,3-4,19-20,25-35,56H2,1-2H3,(H,70,71)/t36-,38-,40+,41-,42+,43+,44-,45+,46-,47-,48+,49+,53+,54-/m1/s1. The van der Waals surface area contributed by atoms with Crippen molar-refractivity contribution in [2.45, 2.75) is 177 Å². The second-order valence-corrected chi connectivity index (χ2v) is 19.0. The number of unbranched alkanes of at least 4 members (excludes halogenated alkanes) is 1. The third-order valence-corrected chi connectivity index (χ3v) is 12.3. The maximum Gasteiger partial charge on any atom is 0.316 e. The Labute approximate surface area is 423 Å². The third kappa shape index (κ3) is 27.2. The van der Waals surface area contributed by atoms with E-state index < -0.39 is 122 Å². The van der Waals surface area contributed by atoms with E-state index in [0.29, 0.717) is 24.1 Å². The SMILES string of the molecule is CCCC[C@H](O)[C@@H]1C[C@H](O)C[C@H](O)C[C@@H](O)C[C@H](O)C[C@@H](O)CC(=O)[C@H](C(=O)O)[C@H](O)[C@H](C)C=CC=CC=CC=CC=CC=CC=CC[C@@H](CC(=O)c2ccc(N)cc2)OC(=O)C[C@H](O)C[C@@H](O)C[C@H](O)C1. The summed E-state index contributed by atoms with van der Waals surface area (Å²) in [5, 5.41) is 118. The van der Waals surface area contributed by atoms with Crippen LogP contribution in [0.5, 0.6) is 0 Å². The summed E-state index contributed by atoms with van der Waals surface area (Å²) in [6.07, 6.45) is 8.49. The minimum absolute atomic E-state index is 0.0654. The lowest BCUT2D eigenvalue weighted by Gasteiger charge is -2.29. The van der Waals surface area contributed by atoms with Crippen LogP contribution in [0.4, 0.5) is 5.69 Å². The van der Waals surface area contributed by atoms with Gasteiger partial charge in [-0.2, -0.15) is 0 Å². The van der Waals surface area contributed by atoms with Gasteiger partial charge in [0.2, 0.25) is 0 Å². The number of rotatable bonds is 8. The summed E-state index contributed by atoms with van der Waals surface area (Å²) >= 11 is 0. The maximum absolute atomic E-state index is 13.1. The normalized spacial score (nSPS) is 31.0. The van der Waals surface area contributed by atoms with Crippen LogP contribution in [-0.2, 0) is 19.1 Å². The van der Waals surface area contributed by atoms with Crippen molar-refractivity contribution >= 4 is 29.2 Å². The summed E-state index contributed by atoms with van der Waals surface area (Å²) in [7, 11) is 0. The molecule has 0 radical (unpaired) electrons. The minimum atomic E-state index is -1.87. The molecular formula is C55H81NO16. The fourth-order valence-corrected chi connectivity index (χ4v) is 8.42. The number of Topliss-reactive ketones (excluding diaryl/α,β-unsaturated/α-hetero) is 2. The zero-order chi connectivity index (χ0) is 53.6. The lowest BCUT2D eigenvalue weighted by molar-refractivity contribution is -0.153. The Kier molecular flexibility index (Phi) is 31.0. The van der Waals surface area contributed by atoms with Gasteiger partial charge in [-0.15, -0.1) is 0 Å². The van der Waals surface area contributed by atoms with Crippen molar-refractivity contribution in [3.05, 3.63) is 115 Å². The molecule has 0 saturated carbocycles. The van der Waals surface area contributed by atoms with Gasteiger partial charge in [-0.25, -0.2) is 0 Å². The van der Waals surface area contributed by atoms with Crippen LogP contribution < -0.4 is 5.73 Å². The zero-order valence-corrected chi connectivity index (χ0v) is 41.6. The van der Waals surface area contributed by atoms with E-state index in [4.69, 9.17) is 10.5 Å². The van der Waals surface area contributed by atoms with E-state index in [2.05, 4.69) is 0 Å². The number of carboxylic acids is 1. The molecule has 0 saturated heterocycles. The number of carbonyl (C=O) groups is 4. The van der Waals surface area contributed by atoms with Crippen molar-refractivity contribution in [1.82, 2.24) is 0 Å². The van der Waals surface area contributed by atoms with Crippen molar-refractivity contribution < 1.29 is 80.1 Å². The summed E-state index contributed by atoms with van der Waals surface area (Å²) in [5.74, 6) is -6.97. The van der Waals surface area contributed by atoms with Crippen molar-refractivity contribution in [2.75, 3.05) is 5.73 Å². The Balaban J connectivity index is 2.29. The van der Waals surface area contributed by atoms with Gasteiger partial charge in [0.25, 0.3) is 0 Å². The number of ketones is 2. The summed E-state index contributed by atoms with van der Waals surface area (Å²) in [6.45, 7) is 3.46. The topological polar surface area (TPSA) is 326 Å². The molecule has 2 rings (SSSR count). The van der Waals surface area contributed by atoms with Crippen molar-refractivity contribution in [3.63, 3.8) is 0 Å². The molecule has 17 nitrogen and oxygen atoms in total. The molecule has 402 valence electrons. The molecule has 17 heteroatoms. The van der Waals surface area contributed by atoms with Crippen LogP contribution in [0, 0.1) is 17.8 Å². The highest BCUT2D eigenvalue weighted by Gasteiger charge is 2.37. The number of hydrogen-bond donors (Lipinski definition) is 12. The smallest absolute Gasteiger partial charge is 0.316 e. The Morgan fingerprint density at radius 2 is 1.06 bits per heavy atom. The monoisotopic (exact) mass is 1010 g/mol. The van der Waals surface area contributed by atoms with Crippen LogP contribution in [0.1, 0.15) is 121 Å². The number of nitrogens with two attached hydrogens (primary N) is 1. The number of nitrogen functional groups attached to an aromatic ring is 1. The second kappa shape index (κ2) is 35.3. The molecule has 0 amide bonds. The van der Waals surface area contributed by atoms with Gasteiger partial charge in [0, 0.05) is 36.4 Å². The molecule has 1 aromatic carbocycles. The van der Waals surface area contributed by atoms with Gasteiger partial charge in [-0.1, -0.05) is 112 Å². The number of allylic oxidation sites excluding steroid dienone is 12. The minimum Gasteiger partial charge on any atom is -0.481 e. The maximum atomic E-state index is 13.1. The first-order valence-corrected chi connectivity index (χ1v) is 25.0. The number of benzene rings is 1. The average Bonchev–Trinajstić information content (AvgIpc) is 3.28. The molecule has 0 spiro atoms. The number of aliphatic carboxylic acids is 1. The fourth-order valence-electron chi connectivity index (χ4n) is 8.42. The van der Waals surface area contributed by atoms with E-state index in [0.717, 1.165) is 6.42 Å². The lowest BCUT2D eigenvalue weighted by Crippen LogP contribution is -2.40. The first kappa shape index (κ1) is 63.2. The Morgan fingerprint density at radius 1 is 0.625 bits per heavy atom. The molecule has 0 aromatic heterocycles. The zero-order valence-electron chi connectivity index (χ0n) is 41.6. The number of carboxylic acid groups (broad SMARTS) is 1. The molecule has 1 aliphatic heterocycles. The molecule has 72 heavy (non-hydrogen) atoms. The molecule has 1 aromatic rings. The molecule has 0 fully saturated rings. The average molecular weight is 1010 g/mol. The quantitative estimate of drug-likeness (QED) is 0.0749. The van der Waals surface area contributed by atoms with Gasteiger partial charge in [0.15, 0.2) is 11.6 Å². The molecule has 0 aliphatic carbocycles. The fraction of sp³-hybridized carbons (Fsp3) is 0.564. The molecule has 0 bridgehead atoms. The Hall–Kier alpha value is -4.92. The summed E-state index contributed by atoms with van der Waals surface area (Å²) in [6, 6.07) is 6.31. The van der Waals surface area contributed by atoms with Crippen molar-refractivity contribution in [1.29, 1.82) is 0 Å². The van der Waals surface area contributed by atoms with E-state index >= 15 is 0 Å². The number of carbonyl (C=O) groups excluding carboxylic acids is 3. The number of ether oxygens (including phenoxy) is 1. The Bertz CT molecular complexity index is 1960. The first-order chi connectivity index (χ1) is 34.2. The van der Waals surface area contributed by atoms with E-state index in [-0.39, 0.29) is 63.6 Å². The predicted octanol–water partition coefficient (Wildman–Crippen LogP) is 4.27. The van der Waals surface area contributed by atoms with E-state index in [1.54, 1.807) is 103 Å². The number of cyclic esters (lactones) is 1. The molecule has 13 N–H and O–H groups in total. The van der Waals surface area contributed by atoms with Gasteiger partial charge in [-0.05, 0) is 88.0 Å². The van der Waals surface area contributed by atoms with Crippen molar-refractivity contribution in [2.24, 2.45) is 17.8 Å². The van der Waals surface area contributed by atoms with Crippen LogP contribution in [0.3, 0.4) is 0 Å². The predicted molar refractivity (Wildman–Crippen MR) is 273 cm³/mol. The summed E-state index contributed by atoms with van der Waals surface area (Å²) < 4.78 is 5.65. The highest BCUT2D eigenvalue weighted by molar-refractivity contribution is 5.99. The van der Waals surface area contributed by atoms with Gasteiger partial charge in [0.05, 0.1) is 67.5 Å². The number of esters is 1. The lowest BCUT2D eigenvalue weighted by atomic mass is 9.84. The molecule has 1 aliphatic rings. The van der Waals surface area contributed by atoms with E-state index in [9.17, 15) is 75.3 Å². The van der Waals surface area contributed by atoms with Gasteiger partial charge >= 0.3 is 11.9 Å².